The second kappa shape index (κ2) is 5.41. The van der Waals surface area contributed by atoms with Crippen LogP contribution in [0.1, 0.15) is 45.4 Å². The quantitative estimate of drug-likeness (QED) is 0.833. The molecule has 3 fully saturated rings. The molecule has 0 saturated carbocycles. The summed E-state index contributed by atoms with van der Waals surface area (Å²) in [5, 5.41) is 3.62. The van der Waals surface area contributed by atoms with Crippen LogP contribution in [0.3, 0.4) is 0 Å². The van der Waals surface area contributed by atoms with Crippen molar-refractivity contribution in [2.75, 3.05) is 20.1 Å². The van der Waals surface area contributed by atoms with Crippen molar-refractivity contribution in [1.29, 1.82) is 0 Å². The van der Waals surface area contributed by atoms with E-state index in [0.717, 1.165) is 19.5 Å². The molecular weight excluding hydrogens is 238 g/mol. The van der Waals surface area contributed by atoms with Gasteiger partial charge in [-0.15, -0.1) is 0 Å². The molecule has 19 heavy (non-hydrogen) atoms. The van der Waals surface area contributed by atoms with E-state index in [1.54, 1.807) is 0 Å². The van der Waals surface area contributed by atoms with Gasteiger partial charge >= 0.3 is 0 Å². The van der Waals surface area contributed by atoms with Crippen molar-refractivity contribution in [2.45, 2.75) is 69.6 Å². The van der Waals surface area contributed by atoms with Crippen molar-refractivity contribution in [2.24, 2.45) is 0 Å². The molecule has 0 aromatic carbocycles. The number of fused-ring (bicyclic) bond motifs is 2. The Labute approximate surface area is 116 Å². The van der Waals surface area contributed by atoms with Crippen molar-refractivity contribution in [3.63, 3.8) is 0 Å². The molecule has 1 amide bonds. The number of hydrogen-bond acceptors (Lipinski definition) is 3. The first-order chi connectivity index (χ1) is 9.20. The SMILES string of the molecule is CCNC1CC2CCCC(C1)N2C1CCN(C)C1=O. The maximum atomic E-state index is 12.3. The Hall–Kier alpha value is -0.610. The minimum atomic E-state index is 0.183. The summed E-state index contributed by atoms with van der Waals surface area (Å²) in [5.74, 6) is 0.360. The highest BCUT2D eigenvalue weighted by molar-refractivity contribution is 5.83. The van der Waals surface area contributed by atoms with E-state index in [2.05, 4.69) is 17.1 Å². The smallest absolute Gasteiger partial charge is 0.239 e. The predicted molar refractivity (Wildman–Crippen MR) is 76.0 cm³/mol. The van der Waals surface area contributed by atoms with Crippen LogP contribution in [0.5, 0.6) is 0 Å². The van der Waals surface area contributed by atoms with Crippen molar-refractivity contribution in [1.82, 2.24) is 15.1 Å². The van der Waals surface area contributed by atoms with Gasteiger partial charge in [-0.2, -0.15) is 0 Å². The van der Waals surface area contributed by atoms with Crippen molar-refractivity contribution < 1.29 is 4.79 Å². The van der Waals surface area contributed by atoms with Crippen molar-refractivity contribution in [3.05, 3.63) is 0 Å². The van der Waals surface area contributed by atoms with Crippen LogP contribution in [0.15, 0.2) is 0 Å². The lowest BCUT2D eigenvalue weighted by molar-refractivity contribution is -0.135. The number of amides is 1. The Morgan fingerprint density at radius 1 is 1.21 bits per heavy atom. The Kier molecular flexibility index (Phi) is 3.81. The minimum absolute atomic E-state index is 0.183. The molecule has 0 radical (unpaired) electrons. The number of likely N-dealkylation sites (N-methyl/N-ethyl adjacent to an activating group) is 1. The first-order valence-electron chi connectivity index (χ1n) is 7.96. The Bertz CT molecular complexity index is 332. The number of likely N-dealkylation sites (tertiary alicyclic amines) is 1. The van der Waals surface area contributed by atoms with Gasteiger partial charge in [0.1, 0.15) is 0 Å². The monoisotopic (exact) mass is 265 g/mol. The van der Waals surface area contributed by atoms with Crippen molar-refractivity contribution in [3.8, 4) is 0 Å². The zero-order chi connectivity index (χ0) is 13.4. The van der Waals surface area contributed by atoms with Gasteiger partial charge in [-0.3, -0.25) is 9.69 Å². The normalized spacial score (nSPS) is 39.9. The predicted octanol–water partition coefficient (Wildman–Crippen LogP) is 1.21. The summed E-state index contributed by atoms with van der Waals surface area (Å²) in [7, 11) is 1.95. The van der Waals surface area contributed by atoms with E-state index in [9.17, 15) is 4.79 Å². The summed E-state index contributed by atoms with van der Waals surface area (Å²) < 4.78 is 0. The molecule has 2 bridgehead atoms. The lowest BCUT2D eigenvalue weighted by atomic mass is 9.80. The number of piperidine rings is 2. The van der Waals surface area contributed by atoms with Gasteiger partial charge in [0.25, 0.3) is 0 Å². The second-order valence-electron chi connectivity index (χ2n) is 6.48. The van der Waals surface area contributed by atoms with E-state index < -0.39 is 0 Å². The van der Waals surface area contributed by atoms with Gasteiger partial charge in [0.15, 0.2) is 0 Å². The molecule has 108 valence electrons. The number of hydrogen-bond donors (Lipinski definition) is 1. The Balaban J connectivity index is 1.74. The van der Waals surface area contributed by atoms with Crippen LogP contribution >= 0.6 is 0 Å². The first-order valence-corrected chi connectivity index (χ1v) is 7.96. The van der Waals surface area contributed by atoms with Crippen LogP contribution in [-0.4, -0.2) is 60.0 Å². The van der Waals surface area contributed by atoms with Crippen molar-refractivity contribution >= 4 is 5.91 Å². The molecule has 3 unspecified atom stereocenters. The van der Waals surface area contributed by atoms with Gasteiger partial charge in [0.05, 0.1) is 6.04 Å². The lowest BCUT2D eigenvalue weighted by Gasteiger charge is -2.51. The number of nitrogens with zero attached hydrogens (tertiary/aromatic N) is 2. The molecule has 3 rings (SSSR count). The molecule has 3 aliphatic heterocycles. The molecular formula is C15H27N3O. The fourth-order valence-electron chi connectivity index (χ4n) is 4.46. The van der Waals surface area contributed by atoms with Crippen LogP contribution in [-0.2, 0) is 4.79 Å². The summed E-state index contributed by atoms with van der Waals surface area (Å²) in [6.45, 7) is 4.20. The molecule has 4 heteroatoms. The summed E-state index contributed by atoms with van der Waals surface area (Å²) in [6, 6.07) is 2.13. The largest absolute Gasteiger partial charge is 0.344 e. The van der Waals surface area contributed by atoms with Gasteiger partial charge in [-0.25, -0.2) is 0 Å². The van der Waals surface area contributed by atoms with Gasteiger partial charge < -0.3 is 10.2 Å². The Morgan fingerprint density at radius 3 is 2.42 bits per heavy atom. The maximum Gasteiger partial charge on any atom is 0.239 e. The van der Waals surface area contributed by atoms with Crippen LogP contribution in [0.2, 0.25) is 0 Å². The fraction of sp³-hybridized carbons (Fsp3) is 0.933. The third kappa shape index (κ3) is 2.40. The Morgan fingerprint density at radius 2 is 1.89 bits per heavy atom. The highest BCUT2D eigenvalue weighted by Gasteiger charge is 2.45. The molecule has 3 saturated heterocycles. The summed E-state index contributed by atoms with van der Waals surface area (Å²) in [4.78, 5) is 16.8. The molecule has 3 atom stereocenters. The van der Waals surface area contributed by atoms with E-state index in [-0.39, 0.29) is 6.04 Å². The molecule has 0 spiro atoms. The van der Waals surface area contributed by atoms with Crippen LogP contribution < -0.4 is 5.32 Å². The molecule has 0 aromatic heterocycles. The summed E-state index contributed by atoms with van der Waals surface area (Å²) in [5.41, 5.74) is 0. The average Bonchev–Trinajstić information content (AvgIpc) is 2.69. The third-order valence-corrected chi connectivity index (χ3v) is 5.28. The minimum Gasteiger partial charge on any atom is -0.344 e. The van der Waals surface area contributed by atoms with E-state index in [4.69, 9.17) is 0 Å². The van der Waals surface area contributed by atoms with E-state index >= 15 is 0 Å². The zero-order valence-electron chi connectivity index (χ0n) is 12.3. The average molecular weight is 265 g/mol. The molecule has 4 nitrogen and oxygen atoms in total. The summed E-state index contributed by atoms with van der Waals surface area (Å²) >= 11 is 0. The van der Waals surface area contributed by atoms with E-state index in [1.165, 1.54) is 32.1 Å². The topological polar surface area (TPSA) is 35.6 Å². The van der Waals surface area contributed by atoms with Gasteiger partial charge in [0.2, 0.25) is 5.91 Å². The maximum absolute atomic E-state index is 12.3. The second-order valence-corrected chi connectivity index (χ2v) is 6.48. The molecule has 3 heterocycles. The van der Waals surface area contributed by atoms with E-state index in [1.807, 2.05) is 11.9 Å². The summed E-state index contributed by atoms with van der Waals surface area (Å²) in [6.07, 6.45) is 7.42. The third-order valence-electron chi connectivity index (χ3n) is 5.28. The zero-order valence-corrected chi connectivity index (χ0v) is 12.3. The van der Waals surface area contributed by atoms with Gasteiger partial charge in [-0.1, -0.05) is 13.3 Å². The van der Waals surface area contributed by atoms with E-state index in [0.29, 0.717) is 24.0 Å². The van der Waals surface area contributed by atoms with Crippen LogP contribution in [0, 0.1) is 0 Å². The number of rotatable bonds is 3. The highest BCUT2D eigenvalue weighted by Crippen LogP contribution is 2.37. The first kappa shape index (κ1) is 13.4. The number of nitrogens with one attached hydrogen (secondary N) is 1. The number of carbonyl (C=O) groups excluding carboxylic acids is 1. The molecule has 0 aromatic rings. The number of carbonyl (C=O) groups is 1. The van der Waals surface area contributed by atoms with Gasteiger partial charge in [-0.05, 0) is 38.6 Å². The fourth-order valence-corrected chi connectivity index (χ4v) is 4.46. The van der Waals surface area contributed by atoms with Crippen LogP contribution in [0.25, 0.3) is 0 Å². The highest BCUT2D eigenvalue weighted by atomic mass is 16.2. The molecule has 0 aliphatic carbocycles. The van der Waals surface area contributed by atoms with Gasteiger partial charge in [0, 0.05) is 31.7 Å². The lowest BCUT2D eigenvalue weighted by Crippen LogP contribution is -2.60. The van der Waals surface area contributed by atoms with Crippen LogP contribution in [0.4, 0.5) is 0 Å². The standard InChI is InChI=1S/C15H27N3O/c1-3-16-11-9-12-5-4-6-13(10-11)18(12)14-7-8-17(2)15(14)19/h11-14,16H,3-10H2,1-2H3. The molecule has 1 N–H and O–H groups in total. The molecule has 3 aliphatic rings.